The molecule has 33 heavy (non-hydrogen) atoms. The molecular weight excluding hydrogens is 516 g/mol. The minimum absolute atomic E-state index is 0.147. The van der Waals surface area contributed by atoms with E-state index in [1.165, 1.54) is 12.1 Å². The van der Waals surface area contributed by atoms with Crippen LogP contribution in [0, 0.1) is 17.6 Å². The van der Waals surface area contributed by atoms with E-state index in [-0.39, 0.29) is 11.3 Å². The summed E-state index contributed by atoms with van der Waals surface area (Å²) in [7, 11) is 0. The molecule has 0 heterocycles. The summed E-state index contributed by atoms with van der Waals surface area (Å²) in [5.41, 5.74) is 0.914. The maximum absolute atomic E-state index is 13.8. The quantitative estimate of drug-likeness (QED) is 0.348. The Kier molecular flexibility index (Phi) is 6.56. The van der Waals surface area contributed by atoms with Crippen molar-refractivity contribution < 1.29 is 18.4 Å². The molecule has 2 amide bonds. The van der Waals surface area contributed by atoms with Gasteiger partial charge in [0.1, 0.15) is 16.0 Å². The van der Waals surface area contributed by atoms with E-state index < -0.39 is 39.6 Å². The molecule has 0 aromatic heterocycles. The van der Waals surface area contributed by atoms with Crippen LogP contribution in [-0.4, -0.2) is 16.1 Å². The van der Waals surface area contributed by atoms with Gasteiger partial charge in [0.25, 0.3) is 5.91 Å². The monoisotopic (exact) mass is 528 g/mol. The summed E-state index contributed by atoms with van der Waals surface area (Å²) in [4.78, 5) is 25.3. The molecule has 1 aliphatic carbocycles. The van der Waals surface area contributed by atoms with Crippen LogP contribution in [0.3, 0.4) is 0 Å². The molecular formula is C23H14Cl4F2N2O2. The van der Waals surface area contributed by atoms with Crippen molar-refractivity contribution in [1.82, 2.24) is 0 Å². The van der Waals surface area contributed by atoms with E-state index in [0.717, 1.165) is 12.1 Å². The Morgan fingerprint density at radius 1 is 0.879 bits per heavy atom. The first-order chi connectivity index (χ1) is 15.6. The molecule has 0 radical (unpaired) electrons. The SMILES string of the molecule is O=C(Nc1ccc(F)cc1F)c1cccc(NC(=O)[C@H]2[C@H](c3cc(Cl)cc(Cl)c3)C2(Cl)Cl)c1. The molecule has 1 saturated carbocycles. The molecule has 2 atom stereocenters. The first kappa shape index (κ1) is 23.8. The molecule has 0 saturated heterocycles. The van der Waals surface area contributed by atoms with Crippen LogP contribution in [0.25, 0.3) is 0 Å². The van der Waals surface area contributed by atoms with Gasteiger partial charge in [-0.25, -0.2) is 8.78 Å². The smallest absolute Gasteiger partial charge is 0.255 e. The Labute approximate surface area is 207 Å². The maximum Gasteiger partial charge on any atom is 0.255 e. The molecule has 2 N–H and O–H groups in total. The highest BCUT2D eigenvalue weighted by molar-refractivity contribution is 6.53. The van der Waals surface area contributed by atoms with E-state index in [1.807, 2.05) is 0 Å². The molecule has 3 aromatic rings. The third kappa shape index (κ3) is 5.09. The number of rotatable bonds is 5. The van der Waals surface area contributed by atoms with E-state index in [0.29, 0.717) is 27.4 Å². The lowest BCUT2D eigenvalue weighted by atomic mass is 10.1. The van der Waals surface area contributed by atoms with Gasteiger partial charge < -0.3 is 10.6 Å². The summed E-state index contributed by atoms with van der Waals surface area (Å²) >= 11 is 24.8. The average Bonchev–Trinajstić information content (AvgIpc) is 3.31. The van der Waals surface area contributed by atoms with Gasteiger partial charge in [0, 0.05) is 33.3 Å². The van der Waals surface area contributed by atoms with Gasteiger partial charge in [-0.05, 0) is 54.1 Å². The highest BCUT2D eigenvalue weighted by atomic mass is 35.5. The summed E-state index contributed by atoms with van der Waals surface area (Å²) in [6.07, 6.45) is 0. The zero-order chi connectivity index (χ0) is 23.9. The van der Waals surface area contributed by atoms with E-state index in [4.69, 9.17) is 46.4 Å². The van der Waals surface area contributed by atoms with Crippen molar-refractivity contribution in [3.8, 4) is 0 Å². The average molecular weight is 530 g/mol. The van der Waals surface area contributed by atoms with Crippen LogP contribution >= 0.6 is 46.4 Å². The second-order valence-electron chi connectivity index (χ2n) is 7.48. The Bertz CT molecular complexity index is 1250. The van der Waals surface area contributed by atoms with Gasteiger partial charge in [-0.3, -0.25) is 9.59 Å². The van der Waals surface area contributed by atoms with Gasteiger partial charge in [-0.1, -0.05) is 29.3 Å². The second kappa shape index (κ2) is 9.11. The third-order valence-electron chi connectivity index (χ3n) is 5.15. The zero-order valence-corrected chi connectivity index (χ0v) is 19.5. The van der Waals surface area contributed by atoms with Gasteiger partial charge in [0.15, 0.2) is 0 Å². The molecule has 1 aliphatic rings. The molecule has 0 aliphatic heterocycles. The summed E-state index contributed by atoms with van der Waals surface area (Å²) in [5, 5.41) is 5.84. The molecule has 4 rings (SSSR count). The number of carbonyl (C=O) groups is 2. The summed E-state index contributed by atoms with van der Waals surface area (Å²) in [6, 6.07) is 13.7. The molecule has 10 heteroatoms. The zero-order valence-electron chi connectivity index (χ0n) is 16.5. The minimum Gasteiger partial charge on any atom is -0.326 e. The number of alkyl halides is 2. The molecule has 0 unspecified atom stereocenters. The van der Waals surface area contributed by atoms with Crippen LogP contribution < -0.4 is 10.6 Å². The lowest BCUT2D eigenvalue weighted by Crippen LogP contribution is -2.18. The fourth-order valence-electron chi connectivity index (χ4n) is 3.57. The number of amides is 2. The lowest BCUT2D eigenvalue weighted by molar-refractivity contribution is -0.117. The predicted molar refractivity (Wildman–Crippen MR) is 127 cm³/mol. The highest BCUT2D eigenvalue weighted by Crippen LogP contribution is 2.65. The number of halogens is 6. The topological polar surface area (TPSA) is 58.2 Å². The van der Waals surface area contributed by atoms with Crippen molar-refractivity contribution in [3.63, 3.8) is 0 Å². The first-order valence-electron chi connectivity index (χ1n) is 9.57. The first-order valence-corrected chi connectivity index (χ1v) is 11.1. The molecule has 0 bridgehead atoms. The molecule has 0 spiro atoms. The highest BCUT2D eigenvalue weighted by Gasteiger charge is 2.67. The Balaban J connectivity index is 1.48. The molecule has 4 nitrogen and oxygen atoms in total. The fraction of sp³-hybridized carbons (Fsp3) is 0.130. The van der Waals surface area contributed by atoms with Gasteiger partial charge >= 0.3 is 0 Å². The van der Waals surface area contributed by atoms with E-state index >= 15 is 0 Å². The molecule has 3 aromatic carbocycles. The van der Waals surface area contributed by atoms with Crippen molar-refractivity contribution in [1.29, 1.82) is 0 Å². The third-order valence-corrected chi connectivity index (χ3v) is 6.53. The van der Waals surface area contributed by atoms with Gasteiger partial charge in [0.2, 0.25) is 5.91 Å². The largest absolute Gasteiger partial charge is 0.326 e. The van der Waals surface area contributed by atoms with Crippen molar-refractivity contribution in [2.24, 2.45) is 5.92 Å². The number of anilines is 2. The van der Waals surface area contributed by atoms with E-state index in [9.17, 15) is 18.4 Å². The number of carbonyl (C=O) groups excluding carboxylic acids is 2. The van der Waals surface area contributed by atoms with Crippen molar-refractivity contribution in [2.75, 3.05) is 10.6 Å². The Morgan fingerprint density at radius 2 is 1.58 bits per heavy atom. The van der Waals surface area contributed by atoms with Crippen LogP contribution in [0.15, 0.2) is 60.7 Å². The van der Waals surface area contributed by atoms with Crippen molar-refractivity contribution in [3.05, 3.63) is 93.5 Å². The lowest BCUT2D eigenvalue weighted by Gasteiger charge is -2.09. The fourth-order valence-corrected chi connectivity index (χ4v) is 4.94. The minimum atomic E-state index is -1.35. The number of benzene rings is 3. The summed E-state index contributed by atoms with van der Waals surface area (Å²) in [6.45, 7) is 0. The standard InChI is InChI=1S/C23H14Cl4F2N2O2/c24-13-6-12(7-14(25)9-13)19-20(23(19,26)27)22(33)30-16-3-1-2-11(8-16)21(32)31-18-5-4-15(28)10-17(18)29/h1-10,19-20H,(H,30,33)(H,31,32)/t19-,20+/m0/s1. The van der Waals surface area contributed by atoms with E-state index in [2.05, 4.69) is 10.6 Å². The number of hydrogen-bond acceptors (Lipinski definition) is 2. The molecule has 170 valence electrons. The van der Waals surface area contributed by atoms with Crippen molar-refractivity contribution >= 4 is 69.6 Å². The summed E-state index contributed by atoms with van der Waals surface area (Å²) in [5.74, 6) is -4.06. The number of hydrogen-bond donors (Lipinski definition) is 2. The van der Waals surface area contributed by atoms with Crippen LogP contribution in [0.1, 0.15) is 21.8 Å². The van der Waals surface area contributed by atoms with Gasteiger partial charge in [0.05, 0.1) is 11.6 Å². The Hall–Kier alpha value is -2.38. The second-order valence-corrected chi connectivity index (χ2v) is 9.80. The van der Waals surface area contributed by atoms with Crippen LogP contribution in [0.4, 0.5) is 20.2 Å². The predicted octanol–water partition coefficient (Wildman–Crippen LogP) is 7.05. The summed E-state index contributed by atoms with van der Waals surface area (Å²) < 4.78 is 25.5. The molecule has 1 fully saturated rings. The maximum atomic E-state index is 13.8. The van der Waals surface area contributed by atoms with Crippen molar-refractivity contribution in [2.45, 2.75) is 10.3 Å². The van der Waals surface area contributed by atoms with Crippen LogP contribution in [-0.2, 0) is 4.79 Å². The van der Waals surface area contributed by atoms with Crippen LogP contribution in [0.5, 0.6) is 0 Å². The van der Waals surface area contributed by atoms with Gasteiger partial charge in [-0.2, -0.15) is 0 Å². The van der Waals surface area contributed by atoms with Crippen LogP contribution in [0.2, 0.25) is 10.0 Å². The normalized spacial score (nSPS) is 18.5. The van der Waals surface area contributed by atoms with E-state index in [1.54, 1.807) is 30.3 Å². The van der Waals surface area contributed by atoms with Gasteiger partial charge in [-0.15, -0.1) is 23.2 Å². The number of nitrogens with one attached hydrogen (secondary N) is 2. The Morgan fingerprint density at radius 3 is 2.24 bits per heavy atom.